The van der Waals surface area contributed by atoms with E-state index < -0.39 is 8.56 Å². The van der Waals surface area contributed by atoms with Gasteiger partial charge in [0.2, 0.25) is 0 Å². The standard InChI is InChI=1S/C42H50N2O2Si/c1-27-21-30(4)40(31(5)22-27)43(37-17-19-39(20-18-37)47(12,45-10)46-11)36-13-15-38(16-14-36)44(41-32(6)23-28(2)24-33(41)7)42-34(8)25-29(3)26-35(42)9/h13-26H,1-12H3. The molecule has 5 rings (SSSR count). The summed E-state index contributed by atoms with van der Waals surface area (Å²) >= 11 is 0. The van der Waals surface area contributed by atoms with Crippen LogP contribution in [0.1, 0.15) is 50.1 Å². The van der Waals surface area contributed by atoms with E-state index in [1.54, 1.807) is 14.2 Å². The second-order valence-corrected chi connectivity index (χ2v) is 16.6. The van der Waals surface area contributed by atoms with Crippen LogP contribution in [0.15, 0.2) is 84.9 Å². The highest BCUT2D eigenvalue weighted by Gasteiger charge is 2.32. The molecule has 0 unspecified atom stereocenters. The monoisotopic (exact) mass is 642 g/mol. The molecule has 0 amide bonds. The zero-order valence-corrected chi connectivity index (χ0v) is 31.3. The maximum atomic E-state index is 5.85. The molecule has 5 aromatic rings. The summed E-state index contributed by atoms with van der Waals surface area (Å²) in [6.45, 7) is 21.9. The quantitative estimate of drug-likeness (QED) is 0.149. The second kappa shape index (κ2) is 13.5. The smallest absolute Gasteiger partial charge is 0.368 e. The van der Waals surface area contributed by atoms with E-state index in [0.29, 0.717) is 0 Å². The van der Waals surface area contributed by atoms with Gasteiger partial charge in [0.1, 0.15) is 0 Å². The maximum Gasteiger partial charge on any atom is 0.368 e. The number of anilines is 6. The van der Waals surface area contributed by atoms with Crippen LogP contribution in [0, 0.1) is 62.3 Å². The minimum absolute atomic E-state index is 1.09. The van der Waals surface area contributed by atoms with Crippen molar-refractivity contribution >= 4 is 47.9 Å². The minimum Gasteiger partial charge on any atom is -0.394 e. The van der Waals surface area contributed by atoms with Gasteiger partial charge in [-0.05, 0) is 144 Å². The van der Waals surface area contributed by atoms with Crippen LogP contribution in [0.25, 0.3) is 0 Å². The molecule has 0 aromatic heterocycles. The van der Waals surface area contributed by atoms with Crippen LogP contribution in [0.4, 0.5) is 34.1 Å². The molecular formula is C42H50N2O2Si. The van der Waals surface area contributed by atoms with Gasteiger partial charge in [-0.15, -0.1) is 0 Å². The molecule has 47 heavy (non-hydrogen) atoms. The highest BCUT2D eigenvalue weighted by atomic mass is 28.4. The first-order valence-electron chi connectivity index (χ1n) is 16.4. The molecule has 0 aliphatic rings. The van der Waals surface area contributed by atoms with E-state index >= 15 is 0 Å². The molecule has 4 nitrogen and oxygen atoms in total. The molecule has 0 spiro atoms. The fourth-order valence-electron chi connectivity index (χ4n) is 7.34. The van der Waals surface area contributed by atoms with Gasteiger partial charge in [-0.3, -0.25) is 0 Å². The van der Waals surface area contributed by atoms with Gasteiger partial charge in [-0.25, -0.2) is 0 Å². The van der Waals surface area contributed by atoms with Crippen LogP contribution in [0.5, 0.6) is 0 Å². The zero-order chi connectivity index (χ0) is 34.2. The lowest BCUT2D eigenvalue weighted by atomic mass is 9.98. The Morgan fingerprint density at radius 3 is 0.957 bits per heavy atom. The molecule has 0 fully saturated rings. The van der Waals surface area contributed by atoms with Crippen LogP contribution in [0.3, 0.4) is 0 Å². The molecule has 0 aliphatic carbocycles. The summed E-state index contributed by atoms with van der Waals surface area (Å²) in [6.07, 6.45) is 0. The SMILES string of the molecule is CO[Si](C)(OC)c1ccc(N(c2ccc(N(c3c(C)cc(C)cc3C)c3c(C)cc(C)cc3C)cc2)c2c(C)cc(C)cc2C)cc1. The summed E-state index contributed by atoms with van der Waals surface area (Å²) in [4.78, 5) is 4.84. The van der Waals surface area contributed by atoms with Gasteiger partial charge in [-0.2, -0.15) is 0 Å². The maximum absolute atomic E-state index is 5.85. The Balaban J connectivity index is 1.70. The molecule has 0 bridgehead atoms. The van der Waals surface area contributed by atoms with Crippen molar-refractivity contribution in [3.05, 3.63) is 135 Å². The molecule has 0 radical (unpaired) electrons. The van der Waals surface area contributed by atoms with E-state index in [-0.39, 0.29) is 0 Å². The van der Waals surface area contributed by atoms with Gasteiger partial charge in [0.25, 0.3) is 0 Å². The molecule has 5 aromatic carbocycles. The van der Waals surface area contributed by atoms with Crippen LogP contribution in [-0.4, -0.2) is 22.8 Å². The molecule has 0 heterocycles. The van der Waals surface area contributed by atoms with E-state index in [1.165, 1.54) is 67.1 Å². The molecule has 0 N–H and O–H groups in total. The van der Waals surface area contributed by atoms with Gasteiger partial charge in [-0.1, -0.05) is 65.2 Å². The molecule has 0 saturated heterocycles. The van der Waals surface area contributed by atoms with Crippen molar-refractivity contribution in [2.75, 3.05) is 24.0 Å². The van der Waals surface area contributed by atoms with Crippen molar-refractivity contribution in [1.82, 2.24) is 0 Å². The number of rotatable bonds is 9. The molecule has 0 aliphatic heterocycles. The Labute approximate surface area is 283 Å². The van der Waals surface area contributed by atoms with Crippen molar-refractivity contribution in [2.45, 2.75) is 68.9 Å². The summed E-state index contributed by atoms with van der Waals surface area (Å²) in [5.74, 6) is 0. The summed E-state index contributed by atoms with van der Waals surface area (Å²) in [5, 5.41) is 1.10. The second-order valence-electron chi connectivity index (χ2n) is 13.3. The predicted octanol–water partition coefficient (Wildman–Crippen LogP) is 11.0. The van der Waals surface area contributed by atoms with Gasteiger partial charge in [0.05, 0.1) is 17.1 Å². The highest BCUT2D eigenvalue weighted by molar-refractivity contribution is 6.79. The summed E-state index contributed by atoms with van der Waals surface area (Å²) < 4.78 is 11.7. The van der Waals surface area contributed by atoms with Crippen LogP contribution in [0.2, 0.25) is 6.55 Å². The fourth-order valence-corrected chi connectivity index (χ4v) is 8.75. The van der Waals surface area contributed by atoms with E-state index in [0.717, 1.165) is 22.2 Å². The van der Waals surface area contributed by atoms with Crippen LogP contribution >= 0.6 is 0 Å². The van der Waals surface area contributed by atoms with Crippen molar-refractivity contribution < 1.29 is 8.85 Å². The van der Waals surface area contributed by atoms with Crippen molar-refractivity contribution in [2.24, 2.45) is 0 Å². The van der Waals surface area contributed by atoms with E-state index in [9.17, 15) is 0 Å². The molecular weight excluding hydrogens is 593 g/mol. The summed E-state index contributed by atoms with van der Waals surface area (Å²) in [6, 6.07) is 31.4. The van der Waals surface area contributed by atoms with Crippen LogP contribution in [-0.2, 0) is 8.85 Å². The predicted molar refractivity (Wildman–Crippen MR) is 204 cm³/mol. The first-order valence-corrected chi connectivity index (χ1v) is 18.7. The van der Waals surface area contributed by atoms with Crippen LogP contribution < -0.4 is 15.0 Å². The minimum atomic E-state index is -2.45. The number of benzene rings is 5. The number of hydrogen-bond donors (Lipinski definition) is 0. The molecule has 244 valence electrons. The average molecular weight is 643 g/mol. The number of hydrogen-bond acceptors (Lipinski definition) is 4. The lowest BCUT2D eigenvalue weighted by molar-refractivity contribution is 0.265. The first kappa shape index (κ1) is 34.2. The lowest BCUT2D eigenvalue weighted by Crippen LogP contribution is -2.49. The first-order chi connectivity index (χ1) is 22.3. The Morgan fingerprint density at radius 1 is 0.404 bits per heavy atom. The third-order valence-corrected chi connectivity index (χ3v) is 12.3. The highest BCUT2D eigenvalue weighted by Crippen LogP contribution is 2.45. The van der Waals surface area contributed by atoms with Gasteiger partial charge < -0.3 is 18.7 Å². The fraction of sp³-hybridized carbons (Fsp3) is 0.286. The third-order valence-electron chi connectivity index (χ3n) is 9.37. The largest absolute Gasteiger partial charge is 0.394 e. The Bertz CT molecular complexity index is 1780. The van der Waals surface area contributed by atoms with Crippen molar-refractivity contribution in [3.8, 4) is 0 Å². The van der Waals surface area contributed by atoms with Gasteiger partial charge in [0, 0.05) is 31.3 Å². The molecule has 0 saturated carbocycles. The number of nitrogens with zero attached hydrogens (tertiary/aromatic N) is 2. The molecule has 0 atom stereocenters. The lowest BCUT2D eigenvalue weighted by Gasteiger charge is -2.33. The van der Waals surface area contributed by atoms with E-state index in [4.69, 9.17) is 8.85 Å². The number of aryl methyl sites for hydroxylation is 9. The van der Waals surface area contributed by atoms with E-state index in [2.05, 4.69) is 164 Å². The summed E-state index contributed by atoms with van der Waals surface area (Å²) in [7, 11) is 1.02. The normalized spacial score (nSPS) is 11.6. The third kappa shape index (κ3) is 6.66. The Morgan fingerprint density at radius 2 is 0.660 bits per heavy atom. The molecule has 5 heteroatoms. The average Bonchev–Trinajstić information content (AvgIpc) is 3.01. The Kier molecular flexibility index (Phi) is 9.83. The van der Waals surface area contributed by atoms with E-state index in [1.807, 2.05) is 0 Å². The Hall–Kier alpha value is -4.16. The summed E-state index contributed by atoms with van der Waals surface area (Å²) in [5.41, 5.74) is 18.3. The topological polar surface area (TPSA) is 24.9 Å². The van der Waals surface area contributed by atoms with Gasteiger partial charge in [0.15, 0.2) is 0 Å². The van der Waals surface area contributed by atoms with Crippen molar-refractivity contribution in [3.63, 3.8) is 0 Å². The van der Waals surface area contributed by atoms with Gasteiger partial charge >= 0.3 is 8.56 Å². The zero-order valence-electron chi connectivity index (χ0n) is 30.3. The van der Waals surface area contributed by atoms with Crippen molar-refractivity contribution in [1.29, 1.82) is 0 Å².